The molecule has 1 saturated carbocycles. The van der Waals surface area contributed by atoms with Crippen LogP contribution in [-0.2, 0) is 9.53 Å². The second kappa shape index (κ2) is 5.94. The lowest BCUT2D eigenvalue weighted by Gasteiger charge is -2.17. The number of carbonyl (C=O) groups excluding carboxylic acids is 1. The number of allylic oxidation sites excluding steroid dienone is 1. The van der Waals surface area contributed by atoms with E-state index in [-0.39, 0.29) is 5.97 Å². The molecule has 2 heteroatoms. The molecule has 0 aliphatic heterocycles. The van der Waals surface area contributed by atoms with Gasteiger partial charge in [-0.1, -0.05) is 31.3 Å². The topological polar surface area (TPSA) is 26.3 Å². The minimum absolute atomic E-state index is 0.170. The van der Waals surface area contributed by atoms with E-state index < -0.39 is 0 Å². The highest BCUT2D eigenvalue weighted by molar-refractivity contribution is 5.88. The van der Waals surface area contributed by atoms with Gasteiger partial charge in [0.25, 0.3) is 0 Å². The molecular weight excluding hydrogens is 188 g/mol. The Hall–Kier alpha value is -0.790. The van der Waals surface area contributed by atoms with Crippen molar-refractivity contribution in [3.8, 4) is 0 Å². The Balaban J connectivity index is 2.71. The van der Waals surface area contributed by atoms with Crippen LogP contribution < -0.4 is 0 Å². The SMILES string of the molecule is COC(=O)C(C)=C(C)C1CCCCCC1. The normalized spacial score (nSPS) is 20.5. The highest BCUT2D eigenvalue weighted by Crippen LogP contribution is 2.30. The maximum atomic E-state index is 11.4. The zero-order valence-corrected chi connectivity index (χ0v) is 10.1. The number of esters is 1. The molecule has 1 rings (SSSR count). The van der Waals surface area contributed by atoms with Crippen molar-refractivity contribution in [1.29, 1.82) is 0 Å². The van der Waals surface area contributed by atoms with E-state index in [9.17, 15) is 4.79 Å². The van der Waals surface area contributed by atoms with Crippen LogP contribution in [0.25, 0.3) is 0 Å². The molecule has 1 fully saturated rings. The van der Waals surface area contributed by atoms with E-state index >= 15 is 0 Å². The van der Waals surface area contributed by atoms with Crippen molar-refractivity contribution >= 4 is 5.97 Å². The first-order chi connectivity index (χ1) is 7.16. The van der Waals surface area contributed by atoms with Gasteiger partial charge in [0.15, 0.2) is 0 Å². The lowest BCUT2D eigenvalue weighted by molar-refractivity contribution is -0.136. The van der Waals surface area contributed by atoms with Crippen molar-refractivity contribution in [2.24, 2.45) is 5.92 Å². The largest absolute Gasteiger partial charge is 0.466 e. The lowest BCUT2D eigenvalue weighted by Crippen LogP contribution is -2.09. The van der Waals surface area contributed by atoms with E-state index in [0.717, 1.165) is 5.57 Å². The molecule has 0 aromatic heterocycles. The van der Waals surface area contributed by atoms with E-state index in [1.54, 1.807) is 0 Å². The number of methoxy groups -OCH3 is 1. The van der Waals surface area contributed by atoms with Gasteiger partial charge in [-0.15, -0.1) is 0 Å². The van der Waals surface area contributed by atoms with Crippen LogP contribution in [0.4, 0.5) is 0 Å². The summed E-state index contributed by atoms with van der Waals surface area (Å²) in [6, 6.07) is 0. The standard InChI is InChI=1S/C13H22O2/c1-10(11(2)13(14)15-3)12-8-6-4-5-7-9-12/h12H,4-9H2,1-3H3. The van der Waals surface area contributed by atoms with Gasteiger partial charge >= 0.3 is 5.97 Å². The van der Waals surface area contributed by atoms with Crippen LogP contribution in [-0.4, -0.2) is 13.1 Å². The predicted molar refractivity (Wildman–Crippen MR) is 61.6 cm³/mol. The summed E-state index contributed by atoms with van der Waals surface area (Å²) in [5.41, 5.74) is 2.05. The first-order valence-electron chi connectivity index (χ1n) is 5.92. The monoisotopic (exact) mass is 210 g/mol. The molecular formula is C13H22O2. The highest BCUT2D eigenvalue weighted by Gasteiger charge is 2.18. The van der Waals surface area contributed by atoms with Crippen LogP contribution in [0.5, 0.6) is 0 Å². The maximum absolute atomic E-state index is 11.4. The van der Waals surface area contributed by atoms with Crippen molar-refractivity contribution in [1.82, 2.24) is 0 Å². The summed E-state index contributed by atoms with van der Waals surface area (Å²) in [5, 5.41) is 0. The van der Waals surface area contributed by atoms with Crippen LogP contribution in [0, 0.1) is 5.92 Å². The minimum Gasteiger partial charge on any atom is -0.466 e. The number of carbonyl (C=O) groups is 1. The van der Waals surface area contributed by atoms with Crippen molar-refractivity contribution in [2.45, 2.75) is 52.4 Å². The Kier molecular flexibility index (Phi) is 4.86. The van der Waals surface area contributed by atoms with Gasteiger partial charge in [-0.3, -0.25) is 0 Å². The van der Waals surface area contributed by atoms with Crippen LogP contribution in [0.2, 0.25) is 0 Å². The van der Waals surface area contributed by atoms with E-state index in [2.05, 4.69) is 6.92 Å². The zero-order chi connectivity index (χ0) is 11.3. The number of ether oxygens (including phenoxy) is 1. The Morgan fingerprint density at radius 3 is 2.07 bits per heavy atom. The molecule has 0 saturated heterocycles. The van der Waals surface area contributed by atoms with Gasteiger partial charge in [-0.2, -0.15) is 0 Å². The van der Waals surface area contributed by atoms with Gasteiger partial charge in [0.2, 0.25) is 0 Å². The molecule has 0 radical (unpaired) electrons. The maximum Gasteiger partial charge on any atom is 0.333 e. The molecule has 1 aliphatic carbocycles. The molecule has 0 heterocycles. The zero-order valence-electron chi connectivity index (χ0n) is 10.1. The lowest BCUT2D eigenvalue weighted by atomic mass is 9.89. The summed E-state index contributed by atoms with van der Waals surface area (Å²) in [6.07, 6.45) is 7.77. The smallest absolute Gasteiger partial charge is 0.333 e. The van der Waals surface area contributed by atoms with Crippen molar-refractivity contribution in [2.75, 3.05) is 7.11 Å². The van der Waals surface area contributed by atoms with Crippen molar-refractivity contribution in [3.05, 3.63) is 11.1 Å². The molecule has 0 N–H and O–H groups in total. The third kappa shape index (κ3) is 3.37. The van der Waals surface area contributed by atoms with Gasteiger partial charge in [0, 0.05) is 5.57 Å². The first kappa shape index (κ1) is 12.3. The van der Waals surface area contributed by atoms with Gasteiger partial charge in [-0.25, -0.2) is 4.79 Å². The number of rotatable bonds is 2. The summed E-state index contributed by atoms with van der Waals surface area (Å²) in [7, 11) is 1.45. The van der Waals surface area contributed by atoms with Crippen LogP contribution in [0.3, 0.4) is 0 Å². The van der Waals surface area contributed by atoms with E-state index in [4.69, 9.17) is 4.74 Å². The Bertz CT molecular complexity index is 245. The third-order valence-corrected chi connectivity index (χ3v) is 3.55. The average Bonchev–Trinajstić information content (AvgIpc) is 2.54. The van der Waals surface area contributed by atoms with E-state index in [1.807, 2.05) is 6.92 Å². The average molecular weight is 210 g/mol. The molecule has 2 nitrogen and oxygen atoms in total. The molecule has 86 valence electrons. The molecule has 0 bridgehead atoms. The summed E-state index contributed by atoms with van der Waals surface area (Å²) in [4.78, 5) is 11.4. The summed E-state index contributed by atoms with van der Waals surface area (Å²) in [5.74, 6) is 0.434. The molecule has 0 amide bonds. The van der Waals surface area contributed by atoms with E-state index in [1.165, 1.54) is 51.2 Å². The van der Waals surface area contributed by atoms with Gasteiger partial charge in [0.05, 0.1) is 7.11 Å². The predicted octanol–water partition coefficient (Wildman–Crippen LogP) is 3.47. The minimum atomic E-state index is -0.170. The van der Waals surface area contributed by atoms with Crippen LogP contribution >= 0.6 is 0 Å². The fourth-order valence-electron chi connectivity index (χ4n) is 2.33. The van der Waals surface area contributed by atoms with Crippen molar-refractivity contribution < 1.29 is 9.53 Å². The van der Waals surface area contributed by atoms with Crippen molar-refractivity contribution in [3.63, 3.8) is 0 Å². The molecule has 0 aromatic rings. The third-order valence-electron chi connectivity index (χ3n) is 3.55. The highest BCUT2D eigenvalue weighted by atomic mass is 16.5. The van der Waals surface area contributed by atoms with Crippen LogP contribution in [0.15, 0.2) is 11.1 Å². The molecule has 0 unspecified atom stereocenters. The molecule has 0 spiro atoms. The van der Waals surface area contributed by atoms with Gasteiger partial charge < -0.3 is 4.74 Å². The second-order valence-corrected chi connectivity index (χ2v) is 4.49. The van der Waals surface area contributed by atoms with Gasteiger partial charge in [-0.05, 0) is 32.6 Å². The first-order valence-corrected chi connectivity index (χ1v) is 5.92. The van der Waals surface area contributed by atoms with E-state index in [0.29, 0.717) is 5.92 Å². The summed E-state index contributed by atoms with van der Waals surface area (Å²) >= 11 is 0. The fourth-order valence-corrected chi connectivity index (χ4v) is 2.33. The van der Waals surface area contributed by atoms with Crippen LogP contribution in [0.1, 0.15) is 52.4 Å². The molecule has 0 aromatic carbocycles. The fraction of sp³-hybridized carbons (Fsp3) is 0.769. The Labute approximate surface area is 92.7 Å². The number of hydrogen-bond donors (Lipinski definition) is 0. The molecule has 1 aliphatic rings. The summed E-state index contributed by atoms with van der Waals surface area (Å²) < 4.78 is 4.76. The van der Waals surface area contributed by atoms with Gasteiger partial charge in [0.1, 0.15) is 0 Å². The summed E-state index contributed by atoms with van der Waals surface area (Å²) in [6.45, 7) is 3.97. The molecule has 0 atom stereocenters. The number of hydrogen-bond acceptors (Lipinski definition) is 2. The second-order valence-electron chi connectivity index (χ2n) is 4.49. The Morgan fingerprint density at radius 2 is 1.60 bits per heavy atom. The Morgan fingerprint density at radius 1 is 1.07 bits per heavy atom. The molecule has 15 heavy (non-hydrogen) atoms. The quantitative estimate of drug-likeness (QED) is 0.396.